The van der Waals surface area contributed by atoms with Crippen LogP contribution in [-0.2, 0) is 0 Å². The van der Waals surface area contributed by atoms with Crippen molar-refractivity contribution in [3.8, 4) is 0 Å². The van der Waals surface area contributed by atoms with Crippen LogP contribution in [0.4, 0.5) is 0 Å². The maximum atomic E-state index is 2.38. The molecule has 124 valence electrons. The number of hydrogen-bond donors (Lipinski definition) is 0. The summed E-state index contributed by atoms with van der Waals surface area (Å²) in [5, 5.41) is 0. The summed E-state index contributed by atoms with van der Waals surface area (Å²) in [5.74, 6) is 0.546. The smallest absolute Gasteiger partial charge is 0.00104 e. The fourth-order valence-corrected chi connectivity index (χ4v) is 2.92. The normalized spacial score (nSPS) is 12.8. The highest BCUT2D eigenvalue weighted by Crippen LogP contribution is 2.17. The van der Waals surface area contributed by atoms with E-state index in [1.165, 1.54) is 76.2 Å². The van der Waals surface area contributed by atoms with Crippen molar-refractivity contribution in [2.24, 2.45) is 0 Å². The number of rotatable bonds is 13. The molecule has 0 saturated carbocycles. The van der Waals surface area contributed by atoms with Gasteiger partial charge < -0.3 is 0 Å². The third-order valence-corrected chi connectivity index (χ3v) is 4.47. The van der Waals surface area contributed by atoms with Gasteiger partial charge in [-0.15, -0.1) is 0 Å². The van der Waals surface area contributed by atoms with E-state index in [0.29, 0.717) is 5.92 Å². The van der Waals surface area contributed by atoms with E-state index in [2.05, 4.69) is 56.3 Å². The average Bonchev–Trinajstić information content (AvgIpc) is 2.56. The summed E-state index contributed by atoms with van der Waals surface area (Å²) in [6.45, 7) is 4.57. The van der Waals surface area contributed by atoms with Crippen molar-refractivity contribution < 1.29 is 0 Å². The maximum Gasteiger partial charge on any atom is -0.00104 e. The van der Waals surface area contributed by atoms with Crippen molar-refractivity contribution in [3.63, 3.8) is 0 Å². The lowest BCUT2D eigenvalue weighted by atomic mass is 10.00. The molecule has 0 aliphatic rings. The van der Waals surface area contributed by atoms with Crippen molar-refractivity contribution >= 4 is 0 Å². The summed E-state index contributed by atoms with van der Waals surface area (Å²) in [6.07, 6.45) is 20.2. The van der Waals surface area contributed by atoms with Gasteiger partial charge in [0.15, 0.2) is 0 Å². The van der Waals surface area contributed by atoms with E-state index >= 15 is 0 Å². The zero-order valence-electron chi connectivity index (χ0n) is 14.9. The number of hydrogen-bond acceptors (Lipinski definition) is 0. The molecule has 1 aromatic rings. The van der Waals surface area contributed by atoms with Gasteiger partial charge in [-0.2, -0.15) is 0 Å². The van der Waals surface area contributed by atoms with E-state index in [9.17, 15) is 0 Å². The van der Waals surface area contributed by atoms with Gasteiger partial charge in [0, 0.05) is 0 Å². The van der Waals surface area contributed by atoms with Crippen LogP contribution in [0, 0.1) is 0 Å². The number of allylic oxidation sites excluding steroid dienone is 2. The van der Waals surface area contributed by atoms with Gasteiger partial charge in [-0.3, -0.25) is 0 Å². The van der Waals surface area contributed by atoms with E-state index < -0.39 is 0 Å². The van der Waals surface area contributed by atoms with Gasteiger partial charge >= 0.3 is 0 Å². The minimum Gasteiger partial charge on any atom is -0.0879 e. The summed E-state index contributed by atoms with van der Waals surface area (Å²) in [7, 11) is 0. The summed E-state index contributed by atoms with van der Waals surface area (Å²) < 4.78 is 0. The maximum absolute atomic E-state index is 2.38. The summed E-state index contributed by atoms with van der Waals surface area (Å²) in [6, 6.07) is 10.8. The van der Waals surface area contributed by atoms with Crippen LogP contribution in [0.25, 0.3) is 0 Å². The first-order valence-electron chi connectivity index (χ1n) is 9.56. The lowest BCUT2D eigenvalue weighted by Gasteiger charge is -2.05. The summed E-state index contributed by atoms with van der Waals surface area (Å²) >= 11 is 0. The van der Waals surface area contributed by atoms with E-state index in [1.807, 2.05) is 0 Å². The molecule has 0 nitrogen and oxygen atoms in total. The van der Waals surface area contributed by atoms with Crippen molar-refractivity contribution in [3.05, 3.63) is 48.0 Å². The Morgan fingerprint density at radius 1 is 0.773 bits per heavy atom. The molecule has 0 heteroatoms. The molecule has 22 heavy (non-hydrogen) atoms. The molecule has 0 aliphatic carbocycles. The van der Waals surface area contributed by atoms with E-state index in [4.69, 9.17) is 0 Å². The van der Waals surface area contributed by atoms with Crippen LogP contribution in [0.2, 0.25) is 0 Å². The largest absolute Gasteiger partial charge is 0.0879 e. The third-order valence-electron chi connectivity index (χ3n) is 4.47. The van der Waals surface area contributed by atoms with Crippen LogP contribution in [0.1, 0.15) is 96.0 Å². The Bertz CT molecular complexity index is 363. The minimum atomic E-state index is 0.546. The first kappa shape index (κ1) is 19.0. The molecule has 1 atom stereocenters. The zero-order chi connectivity index (χ0) is 15.9. The molecule has 0 N–H and O–H groups in total. The van der Waals surface area contributed by atoms with Crippen molar-refractivity contribution in [1.29, 1.82) is 0 Å². The predicted octanol–water partition coefficient (Wildman–Crippen LogP) is 7.66. The summed E-state index contributed by atoms with van der Waals surface area (Å²) in [4.78, 5) is 0. The second-order valence-electron chi connectivity index (χ2n) is 6.60. The van der Waals surface area contributed by atoms with Gasteiger partial charge in [0.2, 0.25) is 0 Å². The van der Waals surface area contributed by atoms with Crippen molar-refractivity contribution in [2.45, 2.75) is 90.4 Å². The third kappa shape index (κ3) is 9.82. The second kappa shape index (κ2) is 13.6. The van der Waals surface area contributed by atoms with E-state index in [-0.39, 0.29) is 0 Å². The molecule has 1 unspecified atom stereocenters. The Balaban J connectivity index is 1.92. The highest BCUT2D eigenvalue weighted by atomic mass is 14.0. The fourth-order valence-electron chi connectivity index (χ4n) is 2.92. The van der Waals surface area contributed by atoms with Gasteiger partial charge in [-0.1, -0.05) is 114 Å². The van der Waals surface area contributed by atoms with Crippen LogP contribution in [0.5, 0.6) is 0 Å². The molecule has 0 saturated heterocycles. The Kier molecular flexibility index (Phi) is 11.8. The molecule has 0 bridgehead atoms. The highest BCUT2D eigenvalue weighted by Gasteiger charge is 1.98. The Hall–Kier alpha value is -1.04. The first-order valence-corrected chi connectivity index (χ1v) is 9.56. The Morgan fingerprint density at radius 2 is 1.32 bits per heavy atom. The van der Waals surface area contributed by atoms with Crippen LogP contribution in [0.15, 0.2) is 42.5 Å². The van der Waals surface area contributed by atoms with Crippen LogP contribution in [-0.4, -0.2) is 0 Å². The molecule has 1 rings (SSSR count). The van der Waals surface area contributed by atoms with Gasteiger partial charge in [0.25, 0.3) is 0 Å². The zero-order valence-corrected chi connectivity index (χ0v) is 14.9. The monoisotopic (exact) mass is 300 g/mol. The highest BCUT2D eigenvalue weighted by molar-refractivity contribution is 5.22. The second-order valence-corrected chi connectivity index (χ2v) is 6.60. The van der Waals surface area contributed by atoms with Crippen molar-refractivity contribution in [2.75, 3.05) is 0 Å². The molecule has 0 fully saturated rings. The van der Waals surface area contributed by atoms with Crippen LogP contribution in [0.3, 0.4) is 0 Å². The number of unbranched alkanes of at least 4 members (excludes halogenated alkanes) is 10. The minimum absolute atomic E-state index is 0.546. The SMILES string of the molecule is CCCCCCCCCCCCC=CC(C)c1ccccc1. The fraction of sp³-hybridized carbons (Fsp3) is 0.636. The standard InChI is InChI=1S/C22H36/c1-3-4-5-6-7-8-9-10-11-12-13-15-18-21(2)22-19-16-14-17-20-22/h14-21H,3-13H2,1-2H3. The van der Waals surface area contributed by atoms with E-state index in [1.54, 1.807) is 0 Å². The van der Waals surface area contributed by atoms with E-state index in [0.717, 1.165) is 0 Å². The lowest BCUT2D eigenvalue weighted by Crippen LogP contribution is -1.87. The predicted molar refractivity (Wildman–Crippen MR) is 100 cm³/mol. The van der Waals surface area contributed by atoms with Crippen molar-refractivity contribution in [1.82, 2.24) is 0 Å². The molecule has 0 spiro atoms. The Morgan fingerprint density at radius 3 is 1.91 bits per heavy atom. The molecular weight excluding hydrogens is 264 g/mol. The molecule has 0 heterocycles. The van der Waals surface area contributed by atoms with Crippen LogP contribution < -0.4 is 0 Å². The first-order chi connectivity index (χ1) is 10.8. The number of benzene rings is 1. The topological polar surface area (TPSA) is 0 Å². The Labute approximate surface area is 139 Å². The van der Waals surface area contributed by atoms with Gasteiger partial charge in [0.1, 0.15) is 0 Å². The quantitative estimate of drug-likeness (QED) is 0.259. The molecule has 1 aromatic carbocycles. The average molecular weight is 301 g/mol. The molecular formula is C22H36. The summed E-state index contributed by atoms with van der Waals surface area (Å²) in [5.41, 5.74) is 1.42. The molecule has 0 radical (unpaired) electrons. The van der Waals surface area contributed by atoms with Gasteiger partial charge in [-0.25, -0.2) is 0 Å². The van der Waals surface area contributed by atoms with Crippen LogP contribution >= 0.6 is 0 Å². The molecule has 0 aliphatic heterocycles. The van der Waals surface area contributed by atoms with Gasteiger partial charge in [-0.05, 0) is 24.3 Å². The van der Waals surface area contributed by atoms with Gasteiger partial charge in [0.05, 0.1) is 0 Å². The molecule has 0 aromatic heterocycles. The lowest BCUT2D eigenvalue weighted by molar-refractivity contribution is 0.557. The molecule has 0 amide bonds.